The van der Waals surface area contributed by atoms with Gasteiger partial charge in [-0.25, -0.2) is 4.79 Å². The Balaban J connectivity index is 2.88. The molecule has 0 aromatic rings. The highest BCUT2D eigenvalue weighted by Gasteiger charge is 2.50. The van der Waals surface area contributed by atoms with Crippen LogP contribution in [0.15, 0.2) is 25.0 Å². The summed E-state index contributed by atoms with van der Waals surface area (Å²) in [7, 11) is 0. The van der Waals surface area contributed by atoms with E-state index in [-0.39, 0.29) is 18.8 Å². The van der Waals surface area contributed by atoms with E-state index in [0.29, 0.717) is 13.0 Å². The highest BCUT2D eigenvalue weighted by molar-refractivity contribution is 5.98. The van der Waals surface area contributed by atoms with Crippen LogP contribution < -0.4 is 5.32 Å². The molecule has 0 spiro atoms. The number of rotatable bonds is 29. The SMILES string of the molecule is C=CCOC(=O)OC1C(CO)OC(O/C=C\C)C(NC(=O)CC(=O)CCCCCCCCCCC)C1OCCCCCCCCCC. The van der Waals surface area contributed by atoms with E-state index in [1.165, 1.54) is 76.5 Å². The molecule has 272 valence electrons. The lowest BCUT2D eigenvalue weighted by molar-refractivity contribution is -0.265. The van der Waals surface area contributed by atoms with Crippen LogP contribution >= 0.6 is 0 Å². The van der Waals surface area contributed by atoms with Crippen molar-refractivity contribution >= 4 is 17.8 Å². The van der Waals surface area contributed by atoms with Gasteiger partial charge in [-0.1, -0.05) is 129 Å². The van der Waals surface area contributed by atoms with Gasteiger partial charge in [0, 0.05) is 13.0 Å². The summed E-state index contributed by atoms with van der Waals surface area (Å²) in [4.78, 5) is 38.4. The number of unbranched alkanes of at least 4 members (excludes halogenated alkanes) is 15. The minimum atomic E-state index is -1.11. The average Bonchev–Trinajstić information content (AvgIpc) is 3.06. The van der Waals surface area contributed by atoms with Gasteiger partial charge in [0.2, 0.25) is 12.2 Å². The van der Waals surface area contributed by atoms with E-state index in [1.54, 1.807) is 13.0 Å². The molecule has 0 aliphatic carbocycles. The fraction of sp³-hybridized carbons (Fsp3) is 0.811. The lowest BCUT2D eigenvalue weighted by atomic mass is 9.95. The van der Waals surface area contributed by atoms with Crippen LogP contribution in [-0.4, -0.2) is 73.4 Å². The number of Topliss-reactive ketones (excluding diaryl/α,β-unsaturated/α-hetero) is 1. The van der Waals surface area contributed by atoms with E-state index in [2.05, 4.69) is 25.7 Å². The molecule has 1 aliphatic rings. The maximum atomic E-state index is 13.2. The molecule has 1 rings (SSSR count). The maximum Gasteiger partial charge on any atom is 0.509 e. The Morgan fingerprint density at radius 1 is 0.830 bits per heavy atom. The van der Waals surface area contributed by atoms with Crippen molar-refractivity contribution in [1.82, 2.24) is 5.32 Å². The molecule has 1 heterocycles. The quantitative estimate of drug-likeness (QED) is 0.0269. The second kappa shape index (κ2) is 28.6. The van der Waals surface area contributed by atoms with Gasteiger partial charge in [0.25, 0.3) is 0 Å². The molecule has 0 saturated carbocycles. The number of ether oxygens (including phenoxy) is 5. The van der Waals surface area contributed by atoms with Crippen molar-refractivity contribution in [3.05, 3.63) is 25.0 Å². The van der Waals surface area contributed by atoms with Gasteiger partial charge >= 0.3 is 6.16 Å². The summed E-state index contributed by atoms with van der Waals surface area (Å²) in [6.07, 6.45) is 18.6. The molecule has 47 heavy (non-hydrogen) atoms. The van der Waals surface area contributed by atoms with Crippen LogP contribution in [0.2, 0.25) is 0 Å². The fourth-order valence-corrected chi connectivity index (χ4v) is 5.68. The standard InChI is InChI=1S/C37H65NO9/c1-5-9-11-13-15-17-18-20-22-24-30(40)28-32(41)38-33-35(43-27-23-21-19-16-14-12-10-6-2)34(47-37(42)45-26-8-4)31(29-39)46-36(33)44-25-7-3/h7-8,25,31,33-36,39H,4-6,9-24,26-29H2,1-3H3,(H,38,41)/b25-7-. The first-order valence-electron chi connectivity index (χ1n) is 18.3. The van der Waals surface area contributed by atoms with Crippen LogP contribution in [0.1, 0.15) is 143 Å². The van der Waals surface area contributed by atoms with Crippen molar-refractivity contribution in [1.29, 1.82) is 0 Å². The second-order valence-electron chi connectivity index (χ2n) is 12.5. The van der Waals surface area contributed by atoms with Crippen molar-refractivity contribution in [2.45, 2.75) is 173 Å². The molecular weight excluding hydrogens is 602 g/mol. The largest absolute Gasteiger partial charge is 0.509 e. The molecule has 10 nitrogen and oxygen atoms in total. The lowest BCUT2D eigenvalue weighted by Gasteiger charge is -2.44. The van der Waals surface area contributed by atoms with E-state index < -0.39 is 49.3 Å². The summed E-state index contributed by atoms with van der Waals surface area (Å²) in [6.45, 7) is 9.50. The number of nitrogens with one attached hydrogen (secondary N) is 1. The van der Waals surface area contributed by atoms with Crippen LogP contribution in [0.3, 0.4) is 0 Å². The van der Waals surface area contributed by atoms with Crippen LogP contribution in [-0.2, 0) is 33.3 Å². The van der Waals surface area contributed by atoms with Gasteiger partial charge in [0.1, 0.15) is 30.6 Å². The second-order valence-corrected chi connectivity index (χ2v) is 12.5. The summed E-state index contributed by atoms with van der Waals surface area (Å²) in [5, 5.41) is 13.0. The number of ketones is 1. The van der Waals surface area contributed by atoms with Crippen LogP contribution in [0.4, 0.5) is 4.79 Å². The molecule has 0 aromatic carbocycles. The molecule has 5 unspecified atom stereocenters. The summed E-state index contributed by atoms with van der Waals surface area (Å²) in [5.41, 5.74) is 0. The first-order chi connectivity index (χ1) is 22.9. The van der Waals surface area contributed by atoms with Crippen molar-refractivity contribution in [3.63, 3.8) is 0 Å². The highest BCUT2D eigenvalue weighted by atomic mass is 16.8. The number of aliphatic hydroxyl groups is 1. The smallest absolute Gasteiger partial charge is 0.471 e. The van der Waals surface area contributed by atoms with Gasteiger partial charge in [-0.2, -0.15) is 0 Å². The molecule has 0 bridgehead atoms. The summed E-state index contributed by atoms with van der Waals surface area (Å²) >= 11 is 0. The van der Waals surface area contributed by atoms with Gasteiger partial charge in [-0.05, 0) is 19.8 Å². The topological polar surface area (TPSA) is 130 Å². The third-order valence-corrected chi connectivity index (χ3v) is 8.28. The Hall–Kier alpha value is -2.43. The first kappa shape index (κ1) is 42.6. The van der Waals surface area contributed by atoms with E-state index >= 15 is 0 Å². The Bertz CT molecular complexity index is 865. The number of aliphatic hydroxyl groups excluding tert-OH is 1. The van der Waals surface area contributed by atoms with Gasteiger partial charge in [-0.15, -0.1) is 0 Å². The number of amides is 1. The average molecular weight is 668 g/mol. The van der Waals surface area contributed by atoms with Crippen molar-refractivity contribution < 1.29 is 43.2 Å². The number of hydrogen-bond acceptors (Lipinski definition) is 9. The predicted octanol–water partition coefficient (Wildman–Crippen LogP) is 7.85. The maximum absolute atomic E-state index is 13.2. The predicted molar refractivity (Wildman–Crippen MR) is 184 cm³/mol. The molecule has 5 atom stereocenters. The van der Waals surface area contributed by atoms with Gasteiger partial charge in [0.05, 0.1) is 19.3 Å². The van der Waals surface area contributed by atoms with Crippen molar-refractivity contribution in [3.8, 4) is 0 Å². The highest BCUT2D eigenvalue weighted by Crippen LogP contribution is 2.28. The van der Waals surface area contributed by atoms with Gasteiger partial charge in [0.15, 0.2) is 6.10 Å². The Morgan fingerprint density at radius 2 is 1.40 bits per heavy atom. The van der Waals surface area contributed by atoms with Crippen LogP contribution in [0.25, 0.3) is 0 Å². The molecule has 2 N–H and O–H groups in total. The van der Waals surface area contributed by atoms with Gasteiger partial charge < -0.3 is 34.1 Å². The minimum Gasteiger partial charge on any atom is -0.471 e. The van der Waals surface area contributed by atoms with E-state index in [4.69, 9.17) is 23.7 Å². The van der Waals surface area contributed by atoms with Gasteiger partial charge in [-0.3, -0.25) is 9.59 Å². The molecule has 1 amide bonds. The fourth-order valence-electron chi connectivity index (χ4n) is 5.68. The zero-order valence-electron chi connectivity index (χ0n) is 29.6. The molecular formula is C37H65NO9. The van der Waals surface area contributed by atoms with Crippen LogP contribution in [0.5, 0.6) is 0 Å². The minimum absolute atomic E-state index is 0.0613. The number of allylic oxidation sites excluding steroid dienone is 1. The molecule has 1 aliphatic heterocycles. The lowest BCUT2D eigenvalue weighted by Crippen LogP contribution is -2.66. The summed E-state index contributed by atoms with van der Waals surface area (Å²) in [6, 6.07) is -0.937. The third-order valence-electron chi connectivity index (χ3n) is 8.28. The molecule has 1 saturated heterocycles. The van der Waals surface area contributed by atoms with Crippen molar-refractivity contribution in [2.75, 3.05) is 19.8 Å². The molecule has 1 fully saturated rings. The first-order valence-corrected chi connectivity index (χ1v) is 18.3. The van der Waals surface area contributed by atoms with Crippen molar-refractivity contribution in [2.24, 2.45) is 0 Å². The molecule has 0 aromatic heterocycles. The Morgan fingerprint density at radius 3 is 1.96 bits per heavy atom. The zero-order chi connectivity index (χ0) is 34.5. The third kappa shape index (κ3) is 19.9. The van der Waals surface area contributed by atoms with Crippen LogP contribution in [0, 0.1) is 0 Å². The molecule has 0 radical (unpaired) electrons. The summed E-state index contributed by atoms with van der Waals surface area (Å²) < 4.78 is 28.7. The van der Waals surface area contributed by atoms with E-state index in [9.17, 15) is 19.5 Å². The monoisotopic (exact) mass is 667 g/mol. The zero-order valence-corrected chi connectivity index (χ0v) is 29.6. The summed E-state index contributed by atoms with van der Waals surface area (Å²) in [5.74, 6) is -0.636. The van der Waals surface area contributed by atoms with E-state index in [1.807, 2.05) is 0 Å². The molecule has 10 heteroatoms. The number of carbonyl (C=O) groups excluding carboxylic acids is 3. The number of hydrogen-bond donors (Lipinski definition) is 2. The number of carbonyl (C=O) groups is 3. The normalized spacial score (nSPS) is 21.0. The Labute approximate surface area is 284 Å². The van der Waals surface area contributed by atoms with E-state index in [0.717, 1.165) is 44.9 Å². The Kier molecular flexibility index (Phi) is 25.9.